The second-order valence-electron chi connectivity index (χ2n) is 5.93. The van der Waals surface area contributed by atoms with Crippen molar-refractivity contribution in [3.8, 4) is 0 Å². The van der Waals surface area contributed by atoms with Crippen LogP contribution < -0.4 is 4.90 Å². The highest BCUT2D eigenvalue weighted by Gasteiger charge is 2.29. The van der Waals surface area contributed by atoms with E-state index >= 15 is 0 Å². The molecule has 0 spiro atoms. The Kier molecular flexibility index (Phi) is 4.21. The summed E-state index contributed by atoms with van der Waals surface area (Å²) >= 11 is 6.30. The lowest BCUT2D eigenvalue weighted by Gasteiger charge is -2.40. The number of benzene rings is 1. The smallest absolute Gasteiger partial charge is 0.407 e. The number of hydrogen-bond donors (Lipinski definition) is 1. The maximum Gasteiger partial charge on any atom is 0.407 e. The second kappa shape index (κ2) is 6.05. The van der Waals surface area contributed by atoms with Crippen LogP contribution in [-0.2, 0) is 0 Å². The first kappa shape index (κ1) is 16.7. The van der Waals surface area contributed by atoms with Gasteiger partial charge in [-0.2, -0.15) is 0 Å². The molecule has 1 fully saturated rings. The summed E-state index contributed by atoms with van der Waals surface area (Å²) in [7, 11) is 0. The van der Waals surface area contributed by atoms with Crippen LogP contribution in [0.2, 0.25) is 5.02 Å². The molecule has 1 amide bonds. The fourth-order valence-corrected chi connectivity index (χ4v) is 3.35. The quantitative estimate of drug-likeness (QED) is 0.848. The largest absolute Gasteiger partial charge is 0.465 e. The van der Waals surface area contributed by atoms with Crippen molar-refractivity contribution >= 4 is 34.4 Å². The molecule has 1 N–H and O–H groups in total. The number of fused-ring (bicyclic) bond motifs is 1. The highest BCUT2D eigenvalue weighted by Crippen LogP contribution is 2.35. The highest BCUT2D eigenvalue weighted by atomic mass is 35.5. The third kappa shape index (κ3) is 2.73. The van der Waals surface area contributed by atoms with Crippen molar-refractivity contribution in [2.24, 2.45) is 0 Å². The lowest BCUT2D eigenvalue weighted by molar-refractivity contribution is 0.136. The normalized spacial score (nSPS) is 18.3. The molecule has 0 aliphatic carbocycles. The molecule has 1 aliphatic rings. The first-order valence-corrected chi connectivity index (χ1v) is 7.86. The molecule has 2 heterocycles. The molecule has 1 unspecified atom stereocenters. The van der Waals surface area contributed by atoms with Crippen molar-refractivity contribution in [2.75, 3.05) is 24.5 Å². The number of amides is 1. The molecule has 1 atom stereocenters. The van der Waals surface area contributed by atoms with E-state index in [1.807, 2.05) is 11.8 Å². The Hall–Kier alpha value is -2.15. The van der Waals surface area contributed by atoms with E-state index in [1.165, 1.54) is 4.90 Å². The average molecular weight is 356 g/mol. The van der Waals surface area contributed by atoms with E-state index in [1.54, 1.807) is 6.92 Å². The van der Waals surface area contributed by atoms with Crippen LogP contribution in [0.1, 0.15) is 12.5 Å². The molecule has 1 aliphatic heterocycles. The predicted molar refractivity (Wildman–Crippen MR) is 87.8 cm³/mol. The molecular weight excluding hydrogens is 340 g/mol. The van der Waals surface area contributed by atoms with E-state index in [0.29, 0.717) is 31.0 Å². The molecule has 1 saturated heterocycles. The summed E-state index contributed by atoms with van der Waals surface area (Å²) in [4.78, 5) is 18.7. The van der Waals surface area contributed by atoms with Crippen molar-refractivity contribution < 1.29 is 18.7 Å². The lowest BCUT2D eigenvalue weighted by atomic mass is 10.1. The van der Waals surface area contributed by atoms with Gasteiger partial charge < -0.3 is 14.9 Å². The van der Waals surface area contributed by atoms with E-state index in [0.717, 1.165) is 12.1 Å². The number of rotatable bonds is 1. The van der Waals surface area contributed by atoms with Crippen molar-refractivity contribution in [3.63, 3.8) is 0 Å². The highest BCUT2D eigenvalue weighted by molar-refractivity contribution is 6.36. The van der Waals surface area contributed by atoms with Gasteiger partial charge in [-0.15, -0.1) is 0 Å². The number of nitrogens with zero attached hydrogens (tertiary/aromatic N) is 3. The van der Waals surface area contributed by atoms with Crippen LogP contribution in [-0.4, -0.2) is 46.8 Å². The number of aromatic nitrogens is 1. The molecule has 1 aromatic carbocycles. The molecular formula is C16H16ClF2N3O2. The number of piperazine rings is 1. The summed E-state index contributed by atoms with van der Waals surface area (Å²) in [5, 5.41) is 9.39. The molecule has 3 rings (SSSR count). The number of anilines is 1. The minimum Gasteiger partial charge on any atom is -0.465 e. The summed E-state index contributed by atoms with van der Waals surface area (Å²) < 4.78 is 27.5. The van der Waals surface area contributed by atoms with E-state index in [-0.39, 0.29) is 22.0 Å². The zero-order valence-corrected chi connectivity index (χ0v) is 13.9. The maximum atomic E-state index is 14.0. The minimum atomic E-state index is -0.966. The van der Waals surface area contributed by atoms with Crippen LogP contribution in [0.4, 0.5) is 19.4 Å². The van der Waals surface area contributed by atoms with Crippen LogP contribution in [0.3, 0.4) is 0 Å². The van der Waals surface area contributed by atoms with Gasteiger partial charge >= 0.3 is 6.09 Å². The van der Waals surface area contributed by atoms with Crippen LogP contribution in [0.15, 0.2) is 12.1 Å². The predicted octanol–water partition coefficient (Wildman–Crippen LogP) is 3.66. The number of halogens is 3. The Morgan fingerprint density at radius 3 is 2.71 bits per heavy atom. The topological polar surface area (TPSA) is 56.7 Å². The van der Waals surface area contributed by atoms with E-state index in [9.17, 15) is 13.6 Å². The summed E-state index contributed by atoms with van der Waals surface area (Å²) in [6.45, 7) is 4.68. The number of pyridine rings is 1. The van der Waals surface area contributed by atoms with Crippen molar-refractivity contribution in [1.29, 1.82) is 0 Å². The van der Waals surface area contributed by atoms with Gasteiger partial charge in [0.2, 0.25) is 0 Å². The van der Waals surface area contributed by atoms with Gasteiger partial charge in [0.1, 0.15) is 17.5 Å². The molecule has 0 radical (unpaired) electrons. The first-order chi connectivity index (χ1) is 11.3. The van der Waals surface area contributed by atoms with Crippen LogP contribution in [0.25, 0.3) is 10.9 Å². The molecule has 2 aromatic rings. The Balaban J connectivity index is 2.07. The van der Waals surface area contributed by atoms with Gasteiger partial charge in [0, 0.05) is 43.4 Å². The summed E-state index contributed by atoms with van der Waals surface area (Å²) in [6.07, 6.45) is -0.966. The zero-order chi connectivity index (χ0) is 17.6. The molecule has 0 bridgehead atoms. The Morgan fingerprint density at radius 2 is 2.08 bits per heavy atom. The Morgan fingerprint density at radius 1 is 1.38 bits per heavy atom. The molecule has 0 saturated carbocycles. The Bertz CT molecular complexity index is 831. The number of carbonyl (C=O) groups is 1. The molecule has 1 aromatic heterocycles. The van der Waals surface area contributed by atoms with Gasteiger partial charge in [-0.3, -0.25) is 0 Å². The SMILES string of the molecule is Cc1c(N2CCN(C(=O)O)CC2C)nc2cc(F)cc(F)c2c1Cl. The van der Waals surface area contributed by atoms with E-state index in [2.05, 4.69) is 4.98 Å². The summed E-state index contributed by atoms with van der Waals surface area (Å²) in [6, 6.07) is 1.79. The first-order valence-electron chi connectivity index (χ1n) is 7.49. The fourth-order valence-electron chi connectivity index (χ4n) is 3.07. The van der Waals surface area contributed by atoms with Crippen molar-refractivity contribution in [3.05, 3.63) is 34.4 Å². The third-order valence-electron chi connectivity index (χ3n) is 4.31. The summed E-state index contributed by atoms with van der Waals surface area (Å²) in [5.74, 6) is -0.946. The zero-order valence-electron chi connectivity index (χ0n) is 13.2. The molecule has 8 heteroatoms. The van der Waals surface area contributed by atoms with Crippen LogP contribution >= 0.6 is 11.6 Å². The monoisotopic (exact) mass is 355 g/mol. The fraction of sp³-hybridized carbons (Fsp3) is 0.375. The lowest BCUT2D eigenvalue weighted by Crippen LogP contribution is -2.53. The van der Waals surface area contributed by atoms with Gasteiger partial charge in [0.15, 0.2) is 0 Å². The van der Waals surface area contributed by atoms with Crippen LogP contribution in [0, 0.1) is 18.6 Å². The van der Waals surface area contributed by atoms with Gasteiger partial charge in [-0.05, 0) is 13.8 Å². The average Bonchev–Trinajstić information content (AvgIpc) is 2.50. The molecule has 24 heavy (non-hydrogen) atoms. The van der Waals surface area contributed by atoms with Gasteiger partial charge in [-0.1, -0.05) is 11.6 Å². The van der Waals surface area contributed by atoms with E-state index < -0.39 is 17.7 Å². The van der Waals surface area contributed by atoms with Crippen LogP contribution in [0.5, 0.6) is 0 Å². The van der Waals surface area contributed by atoms with Gasteiger partial charge in [0.25, 0.3) is 0 Å². The van der Waals surface area contributed by atoms with Crippen molar-refractivity contribution in [2.45, 2.75) is 19.9 Å². The summed E-state index contributed by atoms with van der Waals surface area (Å²) in [5.41, 5.74) is 0.733. The van der Waals surface area contributed by atoms with Gasteiger partial charge in [0.05, 0.1) is 15.9 Å². The number of hydrogen-bond acceptors (Lipinski definition) is 3. The standard InChI is InChI=1S/C16H16ClF2N3O2/c1-8-7-21(16(23)24)3-4-22(8)15-9(2)14(17)13-11(19)5-10(18)6-12(13)20-15/h5-6,8H,3-4,7H2,1-2H3,(H,23,24). The minimum absolute atomic E-state index is 0.0936. The van der Waals surface area contributed by atoms with Crippen molar-refractivity contribution in [1.82, 2.24) is 9.88 Å². The third-order valence-corrected chi connectivity index (χ3v) is 4.79. The Labute approximate surface area is 142 Å². The second-order valence-corrected chi connectivity index (χ2v) is 6.31. The molecule has 128 valence electrons. The van der Waals surface area contributed by atoms with Gasteiger partial charge in [-0.25, -0.2) is 18.6 Å². The number of carboxylic acid groups (broad SMARTS) is 1. The molecule has 5 nitrogen and oxygen atoms in total. The van der Waals surface area contributed by atoms with E-state index in [4.69, 9.17) is 16.7 Å². The maximum absolute atomic E-state index is 14.0.